The van der Waals surface area contributed by atoms with E-state index >= 15 is 0 Å². The molecule has 1 spiro atoms. The molecule has 4 aliphatic heterocycles. The highest BCUT2D eigenvalue weighted by Gasteiger charge is 2.50. The third kappa shape index (κ3) is 4.56. The molecule has 39 heavy (non-hydrogen) atoms. The van der Waals surface area contributed by atoms with Gasteiger partial charge in [0.05, 0.1) is 23.4 Å². The Balaban J connectivity index is 1.25. The molecule has 3 fully saturated rings. The van der Waals surface area contributed by atoms with Crippen molar-refractivity contribution in [3.63, 3.8) is 0 Å². The number of hydrogen-bond acceptors (Lipinski definition) is 7. The number of alkyl halides is 1. The van der Waals surface area contributed by atoms with Gasteiger partial charge in [-0.2, -0.15) is 9.97 Å². The van der Waals surface area contributed by atoms with Gasteiger partial charge < -0.3 is 20.1 Å². The molecule has 7 rings (SSSR count). The van der Waals surface area contributed by atoms with Crippen LogP contribution in [-0.4, -0.2) is 59.4 Å². The summed E-state index contributed by atoms with van der Waals surface area (Å²) in [5.74, 6) is 0.948. The molecule has 0 bridgehead atoms. The molecule has 9 heteroatoms. The number of nitrogens with two attached hydrogens (primary N) is 1. The summed E-state index contributed by atoms with van der Waals surface area (Å²) in [6.07, 6.45) is 10.1. The van der Waals surface area contributed by atoms with Gasteiger partial charge in [0.15, 0.2) is 0 Å². The Morgan fingerprint density at radius 3 is 2.74 bits per heavy atom. The first-order chi connectivity index (χ1) is 18.9. The average Bonchev–Trinajstić information content (AvgIpc) is 3.29. The fraction of sp³-hybridized carbons (Fsp3) is 0.667. The average molecular weight is 556 g/mol. The van der Waals surface area contributed by atoms with Gasteiger partial charge in [0.1, 0.15) is 18.6 Å². The van der Waals surface area contributed by atoms with E-state index in [9.17, 15) is 4.39 Å². The number of fused-ring (bicyclic) bond motifs is 4. The van der Waals surface area contributed by atoms with Crippen LogP contribution in [0.2, 0.25) is 5.02 Å². The number of aromatic nitrogens is 2. The molecular weight excluding hydrogens is 517 g/mol. The van der Waals surface area contributed by atoms with E-state index in [-0.39, 0.29) is 5.54 Å². The van der Waals surface area contributed by atoms with Gasteiger partial charge in [-0.3, -0.25) is 4.90 Å². The maximum Gasteiger partial charge on any atom is 0.318 e. The van der Waals surface area contributed by atoms with E-state index in [4.69, 9.17) is 36.8 Å². The van der Waals surface area contributed by atoms with Crippen molar-refractivity contribution in [2.75, 3.05) is 43.4 Å². The SMILES string of the molecule is Nc1cc(Cl)c2c(c1)[C@]1(CCC2)Cc2nc(OCC34CCCN3C[C@H](F)C4)nc(N3CCCCCC3)c2CO1. The van der Waals surface area contributed by atoms with Crippen molar-refractivity contribution >= 4 is 23.1 Å². The Labute approximate surface area is 235 Å². The van der Waals surface area contributed by atoms with Crippen molar-refractivity contribution in [2.24, 2.45) is 0 Å². The molecule has 0 amide bonds. The summed E-state index contributed by atoms with van der Waals surface area (Å²) in [7, 11) is 0. The number of halogens is 2. The van der Waals surface area contributed by atoms with Crippen LogP contribution < -0.4 is 15.4 Å². The van der Waals surface area contributed by atoms with Crippen molar-refractivity contribution < 1.29 is 13.9 Å². The first kappa shape index (κ1) is 25.8. The Morgan fingerprint density at radius 1 is 1.05 bits per heavy atom. The summed E-state index contributed by atoms with van der Waals surface area (Å²) in [4.78, 5) is 14.7. The van der Waals surface area contributed by atoms with Gasteiger partial charge in [-0.1, -0.05) is 24.4 Å². The number of benzene rings is 1. The quantitative estimate of drug-likeness (QED) is 0.509. The lowest BCUT2D eigenvalue weighted by Crippen LogP contribution is -2.44. The fourth-order valence-corrected chi connectivity index (χ4v) is 8.24. The Morgan fingerprint density at radius 2 is 1.90 bits per heavy atom. The largest absolute Gasteiger partial charge is 0.461 e. The maximum atomic E-state index is 14.4. The molecule has 2 N–H and O–H groups in total. The number of anilines is 2. The summed E-state index contributed by atoms with van der Waals surface area (Å²) < 4.78 is 27.6. The minimum absolute atomic E-state index is 0.234. The van der Waals surface area contributed by atoms with Crippen molar-refractivity contribution in [1.29, 1.82) is 0 Å². The summed E-state index contributed by atoms with van der Waals surface area (Å²) in [6, 6.07) is 4.30. The van der Waals surface area contributed by atoms with E-state index < -0.39 is 11.8 Å². The topological polar surface area (TPSA) is 76.7 Å². The van der Waals surface area contributed by atoms with Gasteiger partial charge in [-0.15, -0.1) is 0 Å². The van der Waals surface area contributed by atoms with Crippen LogP contribution in [0.1, 0.15) is 80.2 Å². The van der Waals surface area contributed by atoms with Crippen LogP contribution in [0.4, 0.5) is 15.9 Å². The van der Waals surface area contributed by atoms with Crippen LogP contribution in [0.25, 0.3) is 0 Å². The molecule has 3 saturated heterocycles. The molecule has 1 aromatic carbocycles. The monoisotopic (exact) mass is 555 g/mol. The highest BCUT2D eigenvalue weighted by molar-refractivity contribution is 6.31. The lowest BCUT2D eigenvalue weighted by molar-refractivity contribution is -0.0855. The van der Waals surface area contributed by atoms with Crippen LogP contribution in [0.15, 0.2) is 12.1 Å². The van der Waals surface area contributed by atoms with Crippen LogP contribution in [0, 0.1) is 0 Å². The van der Waals surface area contributed by atoms with Crippen molar-refractivity contribution in [1.82, 2.24) is 14.9 Å². The molecule has 5 aliphatic rings. The third-order valence-corrected chi connectivity index (χ3v) is 10.2. The minimum Gasteiger partial charge on any atom is -0.461 e. The molecule has 5 heterocycles. The summed E-state index contributed by atoms with van der Waals surface area (Å²) in [5.41, 5.74) is 10.5. The van der Waals surface area contributed by atoms with Gasteiger partial charge in [0.25, 0.3) is 0 Å². The van der Waals surface area contributed by atoms with E-state index in [0.29, 0.717) is 44.3 Å². The lowest BCUT2D eigenvalue weighted by Gasteiger charge is -2.43. The highest BCUT2D eigenvalue weighted by atomic mass is 35.5. The number of rotatable bonds is 4. The number of nitrogens with zero attached hydrogens (tertiary/aromatic N) is 4. The standard InChI is InChI=1S/C30H39ClFN5O2/c31-25-14-21(33)13-24-22(25)7-5-9-30(24)16-26-23(18-39-30)27(36-10-3-1-2-4-11-36)35-28(34-26)38-19-29-8-6-12-37(29)17-20(32)15-29/h13-14,20H,1-12,15-19,33H2/t20-,29?,30+/m1/s1. The second-order valence-corrected chi connectivity index (χ2v) is 12.8. The fourth-order valence-electron chi connectivity index (χ4n) is 7.91. The normalized spacial score (nSPS) is 30.6. The molecule has 0 saturated carbocycles. The van der Waals surface area contributed by atoms with Gasteiger partial charge in [-0.05, 0) is 74.8 Å². The van der Waals surface area contributed by atoms with Crippen molar-refractivity contribution in [3.05, 3.63) is 39.5 Å². The first-order valence-corrected chi connectivity index (χ1v) is 15.2. The second kappa shape index (κ2) is 10.0. The summed E-state index contributed by atoms with van der Waals surface area (Å²) >= 11 is 6.66. The molecule has 1 unspecified atom stereocenters. The van der Waals surface area contributed by atoms with Gasteiger partial charge in [0, 0.05) is 48.7 Å². The Kier molecular flexibility index (Phi) is 6.63. The zero-order valence-corrected chi connectivity index (χ0v) is 23.4. The first-order valence-electron chi connectivity index (χ1n) is 14.8. The van der Waals surface area contributed by atoms with E-state index in [1.165, 1.54) is 12.8 Å². The molecular formula is C30H39ClFN5O2. The highest BCUT2D eigenvalue weighted by Crippen LogP contribution is 2.48. The van der Waals surface area contributed by atoms with E-state index in [1.807, 2.05) is 12.1 Å². The van der Waals surface area contributed by atoms with Crippen molar-refractivity contribution in [3.8, 4) is 6.01 Å². The summed E-state index contributed by atoms with van der Waals surface area (Å²) in [6.45, 7) is 4.29. The van der Waals surface area contributed by atoms with Gasteiger partial charge in [-0.25, -0.2) is 4.39 Å². The Hall–Kier alpha value is -2.16. The predicted octanol–water partition coefficient (Wildman–Crippen LogP) is 5.35. The van der Waals surface area contributed by atoms with Crippen LogP contribution in [0.5, 0.6) is 6.01 Å². The van der Waals surface area contributed by atoms with Crippen LogP contribution in [0.3, 0.4) is 0 Å². The van der Waals surface area contributed by atoms with E-state index in [1.54, 1.807) is 0 Å². The van der Waals surface area contributed by atoms with Gasteiger partial charge in [0.2, 0.25) is 0 Å². The molecule has 0 radical (unpaired) electrons. The predicted molar refractivity (Wildman–Crippen MR) is 150 cm³/mol. The van der Waals surface area contributed by atoms with Crippen LogP contribution >= 0.6 is 11.6 Å². The number of nitrogen functional groups attached to an aromatic ring is 1. The smallest absolute Gasteiger partial charge is 0.318 e. The Bertz CT molecular complexity index is 1250. The van der Waals surface area contributed by atoms with Crippen molar-refractivity contribution in [2.45, 2.75) is 94.5 Å². The third-order valence-electron chi connectivity index (χ3n) is 9.85. The molecule has 1 aliphatic carbocycles. The molecule has 210 valence electrons. The molecule has 2 aromatic rings. The molecule has 3 atom stereocenters. The zero-order valence-electron chi connectivity index (χ0n) is 22.7. The number of ether oxygens (including phenoxy) is 2. The van der Waals surface area contributed by atoms with E-state index in [0.717, 1.165) is 97.8 Å². The second-order valence-electron chi connectivity index (χ2n) is 12.4. The summed E-state index contributed by atoms with van der Waals surface area (Å²) in [5, 5.41) is 0.721. The minimum atomic E-state index is -0.784. The van der Waals surface area contributed by atoms with Gasteiger partial charge >= 0.3 is 6.01 Å². The molecule has 7 nitrogen and oxygen atoms in total. The lowest BCUT2D eigenvalue weighted by atomic mass is 9.74. The molecule has 1 aromatic heterocycles. The van der Waals surface area contributed by atoms with E-state index in [2.05, 4.69) is 9.80 Å². The zero-order chi connectivity index (χ0) is 26.6. The maximum absolute atomic E-state index is 14.4. The van der Waals surface area contributed by atoms with Crippen LogP contribution in [-0.2, 0) is 29.8 Å². The number of hydrogen-bond donors (Lipinski definition) is 1.